The molecule has 0 saturated heterocycles. The molecule has 1 aromatic carbocycles. The molecule has 0 amide bonds. The van der Waals surface area contributed by atoms with Gasteiger partial charge >= 0.3 is 5.97 Å². The summed E-state index contributed by atoms with van der Waals surface area (Å²) in [6.07, 6.45) is 6.94. The summed E-state index contributed by atoms with van der Waals surface area (Å²) in [4.78, 5) is 11.0. The molecular formula is C19H30O2Si. The number of unbranched alkanes of at least 4 members (excludes halogenated alkanes) is 2. The zero-order valence-corrected chi connectivity index (χ0v) is 15.2. The number of aliphatic carboxylic acids is 1. The molecule has 0 heterocycles. The van der Waals surface area contributed by atoms with Gasteiger partial charge in [0.25, 0.3) is 0 Å². The van der Waals surface area contributed by atoms with Crippen LogP contribution in [0.5, 0.6) is 0 Å². The third-order valence-electron chi connectivity index (χ3n) is 3.94. The van der Waals surface area contributed by atoms with Crippen LogP contribution in [0.2, 0.25) is 13.1 Å². The first kappa shape index (κ1) is 18.7. The van der Waals surface area contributed by atoms with Gasteiger partial charge in [-0.05, 0) is 18.4 Å². The van der Waals surface area contributed by atoms with E-state index in [0.29, 0.717) is 0 Å². The van der Waals surface area contributed by atoms with Gasteiger partial charge in [-0.25, -0.2) is 0 Å². The molecule has 0 aliphatic heterocycles. The van der Waals surface area contributed by atoms with Gasteiger partial charge in [0.15, 0.2) is 0 Å². The minimum absolute atomic E-state index is 0.187. The summed E-state index contributed by atoms with van der Waals surface area (Å²) in [5.41, 5.74) is 3.73. The summed E-state index contributed by atoms with van der Waals surface area (Å²) in [7, 11) is -1.48. The van der Waals surface area contributed by atoms with E-state index in [1.165, 1.54) is 18.4 Å². The van der Waals surface area contributed by atoms with Crippen LogP contribution in [0.25, 0.3) is 0 Å². The normalized spacial score (nSPS) is 13.4. The number of carbonyl (C=O) groups is 1. The van der Waals surface area contributed by atoms with Crippen molar-refractivity contribution < 1.29 is 9.90 Å². The van der Waals surface area contributed by atoms with E-state index in [1.54, 1.807) is 0 Å². The lowest BCUT2D eigenvalue weighted by molar-refractivity contribution is -0.137. The van der Waals surface area contributed by atoms with Crippen molar-refractivity contribution in [3.05, 3.63) is 47.7 Å². The van der Waals surface area contributed by atoms with Gasteiger partial charge in [0.05, 0.1) is 14.5 Å². The second-order valence-corrected chi connectivity index (χ2v) is 11.5. The maximum atomic E-state index is 11.0. The maximum Gasteiger partial charge on any atom is 0.303 e. The first-order chi connectivity index (χ1) is 10.4. The van der Waals surface area contributed by atoms with Crippen LogP contribution in [0.15, 0.2) is 42.1 Å². The molecule has 1 unspecified atom stereocenters. The summed E-state index contributed by atoms with van der Waals surface area (Å²) < 4.78 is 0. The topological polar surface area (TPSA) is 37.3 Å². The molecule has 1 aromatic rings. The molecule has 0 aromatic heterocycles. The van der Waals surface area contributed by atoms with Crippen LogP contribution in [0.3, 0.4) is 0 Å². The Balaban J connectivity index is 2.63. The summed E-state index contributed by atoms with van der Waals surface area (Å²) in [6.45, 7) is 6.87. The van der Waals surface area contributed by atoms with Crippen LogP contribution >= 0.6 is 0 Å². The first-order valence-electron chi connectivity index (χ1n) is 8.38. The van der Waals surface area contributed by atoms with E-state index < -0.39 is 14.0 Å². The highest BCUT2D eigenvalue weighted by Crippen LogP contribution is 2.19. The van der Waals surface area contributed by atoms with Gasteiger partial charge in [0.2, 0.25) is 0 Å². The smallest absolute Gasteiger partial charge is 0.303 e. The number of rotatable bonds is 10. The maximum absolute atomic E-state index is 11.0. The molecule has 0 aliphatic rings. The van der Waals surface area contributed by atoms with Crippen molar-refractivity contribution >= 4 is 14.0 Å². The molecule has 1 N–H and O–H groups in total. The number of carboxylic acids is 1. The van der Waals surface area contributed by atoms with Crippen molar-refractivity contribution in [1.82, 2.24) is 0 Å². The fourth-order valence-electron chi connectivity index (χ4n) is 2.72. The monoisotopic (exact) mass is 318 g/mol. The molecule has 1 rings (SSSR count). The molecule has 0 bridgehead atoms. The zero-order chi connectivity index (χ0) is 16.4. The fourth-order valence-corrected chi connectivity index (χ4v) is 4.92. The largest absolute Gasteiger partial charge is 0.481 e. The lowest BCUT2D eigenvalue weighted by Crippen LogP contribution is -2.27. The van der Waals surface area contributed by atoms with Gasteiger partial charge in [0.1, 0.15) is 0 Å². The Morgan fingerprint density at radius 2 is 1.91 bits per heavy atom. The number of hydrogen-bond acceptors (Lipinski definition) is 1. The number of carboxylic acid groups (broad SMARTS) is 1. The van der Waals surface area contributed by atoms with Crippen molar-refractivity contribution in [3.8, 4) is 0 Å². The summed E-state index contributed by atoms with van der Waals surface area (Å²) in [5.74, 6) is -0.500. The van der Waals surface area contributed by atoms with Gasteiger partial charge in [-0.3, -0.25) is 4.79 Å². The Labute approximate surface area is 136 Å². The van der Waals surface area contributed by atoms with Crippen LogP contribution in [0.4, 0.5) is 0 Å². The SMILES string of the molecule is CCCCCC(/C=C/[Si](C)(C)Cc1ccccc1)CC(=O)O. The minimum Gasteiger partial charge on any atom is -0.481 e. The predicted octanol–water partition coefficient (Wildman–Crippen LogP) is 5.24. The zero-order valence-electron chi connectivity index (χ0n) is 14.2. The second kappa shape index (κ2) is 9.62. The molecule has 122 valence electrons. The molecule has 2 nitrogen and oxygen atoms in total. The molecule has 22 heavy (non-hydrogen) atoms. The van der Waals surface area contributed by atoms with Crippen molar-refractivity contribution in [1.29, 1.82) is 0 Å². The molecule has 0 fully saturated rings. The Bertz CT molecular complexity index is 466. The van der Waals surface area contributed by atoms with E-state index in [0.717, 1.165) is 18.9 Å². The summed E-state index contributed by atoms with van der Waals surface area (Å²) in [5, 5.41) is 9.08. The Morgan fingerprint density at radius 3 is 2.50 bits per heavy atom. The molecule has 0 aliphatic carbocycles. The van der Waals surface area contributed by atoms with Gasteiger partial charge in [0, 0.05) is 0 Å². The summed E-state index contributed by atoms with van der Waals surface area (Å²) in [6, 6.07) is 11.7. The van der Waals surface area contributed by atoms with Gasteiger partial charge in [-0.1, -0.05) is 87.0 Å². The summed E-state index contributed by atoms with van der Waals surface area (Å²) >= 11 is 0. The fraction of sp³-hybridized carbons (Fsp3) is 0.526. The highest BCUT2D eigenvalue weighted by Gasteiger charge is 2.19. The average molecular weight is 319 g/mol. The van der Waals surface area contributed by atoms with Crippen LogP contribution in [0.1, 0.15) is 44.6 Å². The number of benzene rings is 1. The van der Waals surface area contributed by atoms with E-state index in [9.17, 15) is 4.79 Å². The lowest BCUT2D eigenvalue weighted by atomic mass is 9.98. The standard InChI is InChI=1S/C19H30O2Si/c1-4-5-7-10-17(15-19(20)21)13-14-22(2,3)16-18-11-8-6-9-12-18/h6,8-9,11-14,17H,4-5,7,10,15-16H2,1-3H3,(H,20,21)/b14-13+. The molecular weight excluding hydrogens is 288 g/mol. The van der Waals surface area contributed by atoms with Crippen molar-refractivity contribution in [2.45, 2.75) is 58.2 Å². The highest BCUT2D eigenvalue weighted by molar-refractivity contribution is 6.81. The highest BCUT2D eigenvalue weighted by atomic mass is 28.3. The molecule has 1 atom stereocenters. The average Bonchev–Trinajstić information content (AvgIpc) is 2.45. The van der Waals surface area contributed by atoms with Crippen LogP contribution in [-0.4, -0.2) is 19.1 Å². The Hall–Kier alpha value is -1.35. The van der Waals surface area contributed by atoms with Crippen molar-refractivity contribution in [2.75, 3.05) is 0 Å². The van der Waals surface area contributed by atoms with Crippen LogP contribution in [-0.2, 0) is 10.8 Å². The quantitative estimate of drug-likeness (QED) is 0.473. The van der Waals surface area contributed by atoms with E-state index in [1.807, 2.05) is 6.07 Å². The van der Waals surface area contributed by atoms with Gasteiger partial charge in [-0.15, -0.1) is 0 Å². The van der Waals surface area contributed by atoms with Crippen molar-refractivity contribution in [2.24, 2.45) is 5.92 Å². The molecule has 0 spiro atoms. The van der Waals surface area contributed by atoms with Gasteiger partial charge < -0.3 is 5.11 Å². The molecule has 0 saturated carbocycles. The van der Waals surface area contributed by atoms with Gasteiger partial charge in [-0.2, -0.15) is 0 Å². The van der Waals surface area contributed by atoms with Crippen LogP contribution in [0, 0.1) is 5.92 Å². The predicted molar refractivity (Wildman–Crippen MR) is 96.7 cm³/mol. The molecule has 0 radical (unpaired) electrons. The third-order valence-corrected chi connectivity index (χ3v) is 6.35. The molecule has 3 heteroatoms. The van der Waals surface area contributed by atoms with E-state index in [-0.39, 0.29) is 12.3 Å². The second-order valence-electron chi connectivity index (χ2n) is 6.86. The van der Waals surface area contributed by atoms with E-state index in [2.05, 4.69) is 56.1 Å². The first-order valence-corrected chi connectivity index (χ1v) is 11.7. The Kier molecular flexibility index (Phi) is 8.18. The minimum atomic E-state index is -1.48. The lowest BCUT2D eigenvalue weighted by Gasteiger charge is -2.19. The van der Waals surface area contributed by atoms with E-state index >= 15 is 0 Å². The van der Waals surface area contributed by atoms with E-state index in [4.69, 9.17) is 5.11 Å². The Morgan fingerprint density at radius 1 is 1.23 bits per heavy atom. The number of allylic oxidation sites excluding steroid dienone is 1. The number of hydrogen-bond donors (Lipinski definition) is 1. The van der Waals surface area contributed by atoms with Crippen molar-refractivity contribution in [3.63, 3.8) is 0 Å². The third kappa shape index (κ3) is 8.18. The van der Waals surface area contributed by atoms with Crippen LogP contribution < -0.4 is 0 Å².